The Kier molecular flexibility index (Phi) is 10.3. The van der Waals surface area contributed by atoms with Crippen LogP contribution in [0.5, 0.6) is 11.5 Å². The number of sulfonamides is 1. The summed E-state index contributed by atoms with van der Waals surface area (Å²) in [7, 11) is -2.32. The van der Waals surface area contributed by atoms with Crippen LogP contribution in [0.25, 0.3) is 21.9 Å². The van der Waals surface area contributed by atoms with Crippen molar-refractivity contribution in [2.45, 2.75) is 106 Å². The molecule has 0 atom stereocenters. The number of carbonyl (C=O) groups excluding carboxylic acids is 2. The molecule has 2 aromatic heterocycles. The molecule has 3 aromatic carbocycles. The zero-order valence-electron chi connectivity index (χ0n) is 35.1. The van der Waals surface area contributed by atoms with Crippen LogP contribution in [0, 0.1) is 28.4 Å². The van der Waals surface area contributed by atoms with E-state index >= 15 is 8.78 Å². The molecule has 3 saturated carbocycles. The molecule has 2 aliphatic heterocycles. The number of benzene rings is 3. The summed E-state index contributed by atoms with van der Waals surface area (Å²) in [5.74, 6) is -0.771. The number of hydrogen-bond donors (Lipinski definition) is 2. The van der Waals surface area contributed by atoms with E-state index in [9.17, 15) is 23.3 Å². The Labute approximate surface area is 363 Å². The number of hydrogen-bond acceptors (Lipinski definition) is 10. The number of likely N-dealkylation sites (tertiary alicyclic amines) is 1. The third kappa shape index (κ3) is 7.20. The number of piperidine rings is 1. The normalized spacial score (nSPS) is 22.9. The summed E-state index contributed by atoms with van der Waals surface area (Å²) >= 11 is 0. The van der Waals surface area contributed by atoms with Gasteiger partial charge in [-0.1, -0.05) is 18.9 Å². The van der Waals surface area contributed by atoms with Crippen LogP contribution in [0.2, 0.25) is 0 Å². The second-order valence-corrected chi connectivity index (χ2v) is 20.3. The number of fused-ring (bicyclic) bond motifs is 2. The molecule has 328 valence electrons. The fourth-order valence-corrected chi connectivity index (χ4v) is 12.8. The van der Waals surface area contributed by atoms with E-state index in [1.807, 2.05) is 18.3 Å². The van der Waals surface area contributed by atoms with E-state index in [2.05, 4.69) is 20.3 Å². The summed E-state index contributed by atoms with van der Waals surface area (Å²) in [6.07, 6.45) is 11.8. The molecular weight excluding hydrogens is 829 g/mol. The highest BCUT2D eigenvalue weighted by atomic mass is 32.2. The number of rotatable bonds is 8. The molecule has 63 heavy (non-hydrogen) atoms. The van der Waals surface area contributed by atoms with Crippen LogP contribution < -0.4 is 20.1 Å². The van der Waals surface area contributed by atoms with Crippen molar-refractivity contribution in [3.63, 3.8) is 0 Å². The van der Waals surface area contributed by atoms with Gasteiger partial charge < -0.3 is 9.64 Å². The molecule has 0 unspecified atom stereocenters. The topological polar surface area (TPSA) is 189 Å². The number of urea groups is 1. The lowest BCUT2D eigenvalue weighted by molar-refractivity contribution is -0.120. The summed E-state index contributed by atoms with van der Waals surface area (Å²) in [4.78, 5) is 37.9. The first-order valence-electron chi connectivity index (χ1n) is 22.0. The van der Waals surface area contributed by atoms with E-state index in [1.165, 1.54) is 17.0 Å². The number of aryl methyl sites for hydroxylation is 1. The van der Waals surface area contributed by atoms with Crippen molar-refractivity contribution < 1.29 is 31.5 Å². The van der Waals surface area contributed by atoms with E-state index in [-0.39, 0.29) is 77.4 Å². The first-order valence-corrected chi connectivity index (χ1v) is 23.5. The van der Waals surface area contributed by atoms with Gasteiger partial charge in [-0.2, -0.15) is 10.4 Å². The number of nitrogens with zero attached hydrogens (tertiary/aromatic N) is 7. The summed E-state index contributed by atoms with van der Waals surface area (Å²) < 4.78 is 63.1. The molecule has 5 aliphatic rings. The van der Waals surface area contributed by atoms with Crippen LogP contribution in [-0.4, -0.2) is 70.7 Å². The summed E-state index contributed by atoms with van der Waals surface area (Å²) in [6.45, 7) is 2.26. The maximum atomic E-state index is 15.8. The predicted octanol–water partition coefficient (Wildman–Crippen LogP) is 7.65. The maximum absolute atomic E-state index is 15.8. The molecule has 3 amide bonds. The number of nitrogens with two attached hydrogens (primary N) is 1. The Hall–Kier alpha value is -5.57. The van der Waals surface area contributed by atoms with Crippen LogP contribution in [0.15, 0.2) is 48.7 Å². The Morgan fingerprint density at radius 2 is 1.67 bits per heavy atom. The average molecular weight is 878 g/mol. The van der Waals surface area contributed by atoms with E-state index in [0.717, 1.165) is 81.7 Å². The van der Waals surface area contributed by atoms with Crippen molar-refractivity contribution in [1.82, 2.24) is 30.0 Å². The van der Waals surface area contributed by atoms with Crippen molar-refractivity contribution >= 4 is 49.7 Å². The third-order valence-corrected chi connectivity index (χ3v) is 16.7. The summed E-state index contributed by atoms with van der Waals surface area (Å²) in [5.41, 5.74) is 3.82. The highest BCUT2D eigenvalue weighted by Crippen LogP contribution is 2.57. The van der Waals surface area contributed by atoms with Crippen LogP contribution in [0.4, 0.5) is 19.4 Å². The molecule has 0 radical (unpaired) electrons. The largest absolute Gasteiger partial charge is 0.453 e. The number of halogens is 2. The van der Waals surface area contributed by atoms with Crippen LogP contribution in [0.1, 0.15) is 118 Å². The number of ether oxygens (including phenoxy) is 1. The summed E-state index contributed by atoms with van der Waals surface area (Å²) in [6, 6.07) is 12.8. The standard InChI is InChI=1S/C46H49F2N9O5S/c1-55-40-22-31(36(48)21-32(40)43(54-55)57-17-12-41(58)53-44(57)59)27-4-6-29(7-5-27)56-18-15-45(16-19-56)23-28(24-45)39-26-51-37-11-8-30(20-38(37)52-39)62-42-33(25-49)34(9-10-35(42)47)46(63(50,60)61)13-2-3-14-46/h8-11,20-22,26-29H,2-7,12-19,23-24H2,1H3,(H2,50,60,61)(H,53,58,59). The smallest absolute Gasteiger partial charge is 0.329 e. The highest BCUT2D eigenvalue weighted by molar-refractivity contribution is 7.90. The number of nitriles is 1. The van der Waals surface area contributed by atoms with Gasteiger partial charge in [0.1, 0.15) is 27.9 Å². The van der Waals surface area contributed by atoms with Crippen molar-refractivity contribution in [3.05, 3.63) is 82.7 Å². The van der Waals surface area contributed by atoms with E-state index in [4.69, 9.17) is 14.9 Å². The molecule has 0 bridgehead atoms. The van der Waals surface area contributed by atoms with E-state index in [1.54, 1.807) is 29.9 Å². The fraction of sp³-hybridized carbons (Fsp3) is 0.478. The molecule has 3 N–H and O–H groups in total. The number of aromatic nitrogens is 4. The fourth-order valence-electron chi connectivity index (χ4n) is 11.5. The molecule has 1 spiro atoms. The first kappa shape index (κ1) is 41.4. The van der Waals surface area contributed by atoms with Gasteiger partial charge in [0.25, 0.3) is 0 Å². The SMILES string of the molecule is Cn1nc(N2CCC(=O)NC2=O)c2cc(F)c(C3CCC(N4CCC5(CC4)CC(c4cnc6ccc(Oc7c(F)ccc(C8(S(N)(=O)=O)CCCC8)c7C#N)cc6n4)C5)CC3)cc21. The molecule has 10 rings (SSSR count). The second kappa shape index (κ2) is 15.6. The minimum absolute atomic E-state index is 0.100. The number of anilines is 1. The molecule has 5 aromatic rings. The monoisotopic (exact) mass is 877 g/mol. The Morgan fingerprint density at radius 3 is 2.37 bits per heavy atom. The minimum atomic E-state index is -4.11. The highest BCUT2D eigenvalue weighted by Gasteiger charge is 2.49. The average Bonchev–Trinajstić information content (AvgIpc) is 3.89. The number of carbonyl (C=O) groups is 2. The van der Waals surface area contributed by atoms with Gasteiger partial charge in [-0.3, -0.25) is 24.7 Å². The number of primary sulfonamides is 1. The van der Waals surface area contributed by atoms with Crippen LogP contribution >= 0.6 is 0 Å². The van der Waals surface area contributed by atoms with E-state index in [0.29, 0.717) is 46.7 Å². The Morgan fingerprint density at radius 1 is 0.921 bits per heavy atom. The zero-order valence-corrected chi connectivity index (χ0v) is 35.9. The lowest BCUT2D eigenvalue weighted by Gasteiger charge is -2.53. The number of imide groups is 1. The van der Waals surface area contributed by atoms with Gasteiger partial charge in [-0.05, 0) is 130 Å². The zero-order chi connectivity index (χ0) is 43.8. The Bertz CT molecular complexity index is 2830. The first-order chi connectivity index (χ1) is 30.2. The molecule has 4 heterocycles. The van der Waals surface area contributed by atoms with Gasteiger partial charge in [0.05, 0.1) is 22.2 Å². The lowest BCUT2D eigenvalue weighted by atomic mass is 9.56. The van der Waals surface area contributed by atoms with Gasteiger partial charge in [0.2, 0.25) is 15.9 Å². The minimum Gasteiger partial charge on any atom is -0.453 e. The second-order valence-electron chi connectivity index (χ2n) is 18.4. The third-order valence-electron chi connectivity index (χ3n) is 15.0. The molecule has 14 nitrogen and oxygen atoms in total. The number of nitrogens with one attached hydrogen (secondary N) is 1. The van der Waals surface area contributed by atoms with Gasteiger partial charge >= 0.3 is 6.03 Å². The van der Waals surface area contributed by atoms with Crippen LogP contribution in [0.3, 0.4) is 0 Å². The van der Waals surface area contributed by atoms with Crippen molar-refractivity contribution in [2.75, 3.05) is 24.5 Å². The molecule has 2 saturated heterocycles. The number of amides is 3. The van der Waals surface area contributed by atoms with Gasteiger partial charge in [0, 0.05) is 49.6 Å². The lowest BCUT2D eigenvalue weighted by Crippen LogP contribution is -2.50. The molecule has 5 fully saturated rings. The van der Waals surface area contributed by atoms with Gasteiger partial charge in [-0.25, -0.2) is 32.1 Å². The van der Waals surface area contributed by atoms with Crippen LogP contribution in [-0.2, 0) is 26.6 Å². The van der Waals surface area contributed by atoms with Crippen molar-refractivity contribution in [3.8, 4) is 17.6 Å². The van der Waals surface area contributed by atoms with Crippen molar-refractivity contribution in [1.29, 1.82) is 5.26 Å². The molecular formula is C46H49F2N9O5S. The van der Waals surface area contributed by atoms with Gasteiger partial charge in [0.15, 0.2) is 17.4 Å². The molecule has 17 heteroatoms. The maximum Gasteiger partial charge on any atom is 0.329 e. The molecule has 3 aliphatic carbocycles. The van der Waals surface area contributed by atoms with Crippen molar-refractivity contribution in [2.24, 2.45) is 17.6 Å². The quantitative estimate of drug-likeness (QED) is 0.157. The summed E-state index contributed by atoms with van der Waals surface area (Å²) in [5, 5.41) is 23.3. The van der Waals surface area contributed by atoms with Gasteiger partial charge in [-0.15, -0.1) is 0 Å². The predicted molar refractivity (Wildman–Crippen MR) is 230 cm³/mol. The van der Waals surface area contributed by atoms with E-state index < -0.39 is 26.6 Å². The Balaban J connectivity index is 0.763.